The van der Waals surface area contributed by atoms with Crippen molar-refractivity contribution in [2.24, 2.45) is 34.5 Å². The van der Waals surface area contributed by atoms with Gasteiger partial charge < -0.3 is 10.2 Å². The molecule has 0 saturated heterocycles. The molecule has 4 saturated carbocycles. The van der Waals surface area contributed by atoms with Gasteiger partial charge in [-0.3, -0.25) is 0 Å². The highest BCUT2D eigenvalue weighted by Gasteiger charge is 2.62. The molecule has 9 atom stereocenters. The summed E-state index contributed by atoms with van der Waals surface area (Å²) >= 11 is 0. The molecule has 184 valence electrons. The Bertz CT molecular complexity index is 1030. The van der Waals surface area contributed by atoms with E-state index < -0.39 is 0 Å². The number of aliphatic hydroxyl groups excluding tert-OH is 2. The Labute approximate surface area is 204 Å². The smallest absolute Gasteiger partial charge is 0.113 e. The quantitative estimate of drug-likeness (QED) is 0.637. The van der Waals surface area contributed by atoms with Gasteiger partial charge in [0.1, 0.15) is 5.69 Å². The first-order valence-corrected chi connectivity index (χ1v) is 13.7. The maximum atomic E-state index is 10.9. The molecule has 6 rings (SSSR count). The topological polar surface area (TPSA) is 71.2 Å². The van der Waals surface area contributed by atoms with E-state index in [1.807, 2.05) is 0 Å². The van der Waals surface area contributed by atoms with Crippen LogP contribution >= 0.6 is 0 Å². The van der Waals surface area contributed by atoms with Crippen LogP contribution in [0.2, 0.25) is 0 Å². The second-order valence-electron chi connectivity index (χ2n) is 12.4. The normalized spacial score (nSPS) is 43.7. The Morgan fingerprint density at radius 2 is 1.76 bits per heavy atom. The van der Waals surface area contributed by atoms with Crippen molar-refractivity contribution in [1.82, 2.24) is 15.0 Å². The van der Waals surface area contributed by atoms with Crippen molar-refractivity contribution in [1.29, 1.82) is 0 Å². The number of rotatable bonds is 3. The Balaban J connectivity index is 1.34. The van der Waals surface area contributed by atoms with Crippen LogP contribution in [0.15, 0.2) is 30.5 Å². The van der Waals surface area contributed by atoms with E-state index >= 15 is 0 Å². The van der Waals surface area contributed by atoms with Gasteiger partial charge in [0.25, 0.3) is 0 Å². The molecule has 5 nitrogen and oxygen atoms in total. The van der Waals surface area contributed by atoms with Crippen LogP contribution in [-0.4, -0.2) is 37.4 Å². The molecule has 2 aromatic rings. The van der Waals surface area contributed by atoms with Crippen LogP contribution in [0, 0.1) is 34.5 Å². The molecule has 0 radical (unpaired) electrons. The Kier molecular flexibility index (Phi) is 5.46. The Hall–Kier alpha value is -1.72. The number of aliphatic hydroxyl groups is 2. The first kappa shape index (κ1) is 22.7. The average molecular weight is 464 g/mol. The fourth-order valence-corrected chi connectivity index (χ4v) is 9.13. The minimum atomic E-state index is -0.265. The average Bonchev–Trinajstić information content (AvgIpc) is 3.44. The van der Waals surface area contributed by atoms with E-state index in [-0.39, 0.29) is 29.1 Å². The zero-order valence-corrected chi connectivity index (χ0v) is 21.0. The minimum absolute atomic E-state index is 0.0963. The SMILES string of the molecule is CCc1ccc(-c2cn([C@H]3C[C@H](O)C[C@@H]4CC[C@H]5[C@@H]6CC[C@H](O)[C@@]6(C)CC[C@@H]5[C@]43C)nn2)cc1. The fourth-order valence-electron chi connectivity index (χ4n) is 9.13. The largest absolute Gasteiger partial charge is 0.393 e. The number of hydrogen-bond acceptors (Lipinski definition) is 4. The first-order valence-electron chi connectivity index (χ1n) is 13.7. The highest BCUT2D eigenvalue weighted by atomic mass is 16.3. The number of aryl methyl sites for hydroxylation is 1. The van der Waals surface area contributed by atoms with Crippen molar-refractivity contribution in [2.45, 2.75) is 96.8 Å². The molecule has 0 unspecified atom stereocenters. The van der Waals surface area contributed by atoms with Crippen LogP contribution in [0.1, 0.15) is 83.7 Å². The molecular weight excluding hydrogens is 422 g/mol. The lowest BCUT2D eigenvalue weighted by Crippen LogP contribution is -2.58. The van der Waals surface area contributed by atoms with Crippen molar-refractivity contribution in [3.63, 3.8) is 0 Å². The third-order valence-corrected chi connectivity index (χ3v) is 11.2. The lowest BCUT2D eigenvalue weighted by Gasteiger charge is -2.62. The summed E-state index contributed by atoms with van der Waals surface area (Å²) < 4.78 is 2.11. The summed E-state index contributed by atoms with van der Waals surface area (Å²) in [6.07, 6.45) is 11.3. The molecule has 1 heterocycles. The van der Waals surface area contributed by atoms with Crippen LogP contribution < -0.4 is 0 Å². The summed E-state index contributed by atoms with van der Waals surface area (Å²) in [6.45, 7) is 7.04. The van der Waals surface area contributed by atoms with Gasteiger partial charge in [-0.2, -0.15) is 0 Å². The lowest BCUT2D eigenvalue weighted by atomic mass is 9.44. The van der Waals surface area contributed by atoms with Crippen molar-refractivity contribution < 1.29 is 10.2 Å². The zero-order chi connectivity index (χ0) is 23.7. The van der Waals surface area contributed by atoms with E-state index in [0.717, 1.165) is 43.4 Å². The molecule has 1 aromatic carbocycles. The van der Waals surface area contributed by atoms with Gasteiger partial charge in [-0.25, -0.2) is 4.68 Å². The van der Waals surface area contributed by atoms with E-state index in [1.165, 1.54) is 31.2 Å². The minimum Gasteiger partial charge on any atom is -0.393 e. The molecule has 4 aliphatic carbocycles. The molecule has 0 spiro atoms. The third-order valence-electron chi connectivity index (χ3n) is 11.2. The van der Waals surface area contributed by atoms with E-state index in [4.69, 9.17) is 0 Å². The second kappa shape index (κ2) is 8.16. The summed E-state index contributed by atoms with van der Waals surface area (Å²) in [5, 5.41) is 31.0. The van der Waals surface area contributed by atoms with Gasteiger partial charge >= 0.3 is 0 Å². The standard InChI is InChI=1S/C29H41N3O2/c1-4-18-5-7-19(8-6-18)25-17-32(31-30-25)26-16-21(33)15-20-9-10-22-23-11-12-27(34)28(23,2)14-13-24(22)29(20,26)3/h5-8,17,20-24,26-27,33-34H,4,9-16H2,1-3H3/t20-,21+,22-,23-,24-,26-,27-,28-,29-/m0/s1. The molecule has 34 heavy (non-hydrogen) atoms. The predicted octanol–water partition coefficient (Wildman–Crippen LogP) is 5.42. The summed E-state index contributed by atoms with van der Waals surface area (Å²) in [4.78, 5) is 0. The Morgan fingerprint density at radius 1 is 0.971 bits per heavy atom. The van der Waals surface area contributed by atoms with Crippen molar-refractivity contribution in [3.8, 4) is 11.3 Å². The van der Waals surface area contributed by atoms with Gasteiger partial charge in [-0.05, 0) is 97.9 Å². The molecule has 4 fully saturated rings. The zero-order valence-electron chi connectivity index (χ0n) is 21.0. The van der Waals surface area contributed by atoms with Gasteiger partial charge in [-0.1, -0.05) is 50.3 Å². The van der Waals surface area contributed by atoms with Gasteiger partial charge in [0.15, 0.2) is 0 Å². The van der Waals surface area contributed by atoms with Gasteiger partial charge in [0.2, 0.25) is 0 Å². The molecule has 0 aliphatic heterocycles. The van der Waals surface area contributed by atoms with Crippen molar-refractivity contribution in [3.05, 3.63) is 36.0 Å². The highest BCUT2D eigenvalue weighted by molar-refractivity contribution is 5.58. The van der Waals surface area contributed by atoms with E-state index in [9.17, 15) is 10.2 Å². The van der Waals surface area contributed by atoms with Crippen LogP contribution in [-0.2, 0) is 6.42 Å². The second-order valence-corrected chi connectivity index (χ2v) is 12.4. The maximum Gasteiger partial charge on any atom is 0.113 e. The molecule has 2 N–H and O–H groups in total. The van der Waals surface area contributed by atoms with Crippen molar-refractivity contribution >= 4 is 0 Å². The molecule has 0 bridgehead atoms. The third kappa shape index (κ3) is 3.26. The van der Waals surface area contributed by atoms with Gasteiger partial charge in [-0.15, -0.1) is 5.10 Å². The van der Waals surface area contributed by atoms with Crippen LogP contribution in [0.4, 0.5) is 0 Å². The molecular formula is C29H41N3O2. The highest BCUT2D eigenvalue weighted by Crippen LogP contribution is 2.68. The number of nitrogens with zero attached hydrogens (tertiary/aromatic N) is 3. The van der Waals surface area contributed by atoms with Crippen LogP contribution in [0.25, 0.3) is 11.3 Å². The van der Waals surface area contributed by atoms with Gasteiger partial charge in [0, 0.05) is 5.56 Å². The summed E-state index contributed by atoms with van der Waals surface area (Å²) in [5.41, 5.74) is 3.56. The number of aromatic nitrogens is 3. The molecule has 5 heteroatoms. The summed E-state index contributed by atoms with van der Waals surface area (Å²) in [7, 11) is 0. The number of hydrogen-bond donors (Lipinski definition) is 2. The van der Waals surface area contributed by atoms with Crippen LogP contribution in [0.3, 0.4) is 0 Å². The number of benzene rings is 1. The molecule has 1 aromatic heterocycles. The van der Waals surface area contributed by atoms with Crippen LogP contribution in [0.5, 0.6) is 0 Å². The van der Waals surface area contributed by atoms with E-state index in [0.29, 0.717) is 23.7 Å². The maximum absolute atomic E-state index is 10.9. The monoisotopic (exact) mass is 463 g/mol. The molecule has 0 amide bonds. The van der Waals surface area contributed by atoms with E-state index in [1.54, 1.807) is 0 Å². The fraction of sp³-hybridized carbons (Fsp3) is 0.724. The summed E-state index contributed by atoms with van der Waals surface area (Å²) in [6, 6.07) is 8.82. The van der Waals surface area contributed by atoms with E-state index in [2.05, 4.69) is 66.2 Å². The molecule has 4 aliphatic rings. The first-order chi connectivity index (χ1) is 16.3. The van der Waals surface area contributed by atoms with Crippen molar-refractivity contribution in [2.75, 3.05) is 0 Å². The lowest BCUT2D eigenvalue weighted by molar-refractivity contribution is -0.157. The van der Waals surface area contributed by atoms with Gasteiger partial charge in [0.05, 0.1) is 24.4 Å². The number of fused-ring (bicyclic) bond motifs is 5. The predicted molar refractivity (Wildman–Crippen MR) is 133 cm³/mol. The Morgan fingerprint density at radius 3 is 2.53 bits per heavy atom. The summed E-state index contributed by atoms with van der Waals surface area (Å²) in [5.74, 6) is 2.47.